The third-order valence-electron chi connectivity index (χ3n) is 3.72. The van der Waals surface area contributed by atoms with E-state index in [0.29, 0.717) is 10.8 Å². The molecule has 6 nitrogen and oxygen atoms in total. The molecule has 1 aromatic heterocycles. The highest BCUT2D eigenvalue weighted by atomic mass is 35.5. The molecule has 0 unspecified atom stereocenters. The van der Waals surface area contributed by atoms with Crippen LogP contribution in [0.1, 0.15) is 33.6 Å². The van der Waals surface area contributed by atoms with Crippen LogP contribution in [0.4, 0.5) is 10.6 Å². The molecule has 0 aliphatic heterocycles. The lowest BCUT2D eigenvalue weighted by Gasteiger charge is -2.36. The normalized spacial score (nSPS) is 20.3. The summed E-state index contributed by atoms with van der Waals surface area (Å²) >= 11 is 5.99. The van der Waals surface area contributed by atoms with Gasteiger partial charge in [-0.05, 0) is 51.8 Å². The Hall–Kier alpha value is -2.08. The number of anilines is 1. The van der Waals surface area contributed by atoms with E-state index >= 15 is 0 Å². The Balaban J connectivity index is 1.51. The number of aromatic nitrogens is 2. The molecule has 1 aromatic carbocycles. The minimum atomic E-state index is -0.479. The van der Waals surface area contributed by atoms with Gasteiger partial charge in [0, 0.05) is 17.1 Å². The van der Waals surface area contributed by atoms with Crippen molar-refractivity contribution in [2.24, 2.45) is 0 Å². The van der Waals surface area contributed by atoms with E-state index in [9.17, 15) is 4.79 Å². The van der Waals surface area contributed by atoms with Gasteiger partial charge in [-0.1, -0.05) is 11.6 Å². The second-order valence-corrected chi connectivity index (χ2v) is 7.48. The van der Waals surface area contributed by atoms with Crippen LogP contribution in [0.2, 0.25) is 5.02 Å². The summed E-state index contributed by atoms with van der Waals surface area (Å²) in [5.41, 5.74) is 1.09. The van der Waals surface area contributed by atoms with Crippen molar-refractivity contribution < 1.29 is 9.53 Å². The lowest BCUT2D eigenvalue weighted by atomic mass is 9.87. The Labute approximate surface area is 146 Å². The van der Waals surface area contributed by atoms with Crippen LogP contribution in [0.25, 0.3) is 11.0 Å². The molecule has 3 rings (SSSR count). The smallest absolute Gasteiger partial charge is 0.407 e. The van der Waals surface area contributed by atoms with E-state index in [1.807, 2.05) is 26.8 Å². The predicted molar refractivity (Wildman–Crippen MR) is 94.4 cm³/mol. The van der Waals surface area contributed by atoms with Gasteiger partial charge in [0.15, 0.2) is 0 Å². The van der Waals surface area contributed by atoms with Crippen molar-refractivity contribution in [2.75, 3.05) is 5.32 Å². The van der Waals surface area contributed by atoms with Gasteiger partial charge in [0.2, 0.25) is 0 Å². The molecule has 7 heteroatoms. The highest BCUT2D eigenvalue weighted by molar-refractivity contribution is 6.31. The molecule has 1 heterocycles. The maximum absolute atomic E-state index is 11.7. The first kappa shape index (κ1) is 16.8. The van der Waals surface area contributed by atoms with E-state index in [4.69, 9.17) is 16.3 Å². The summed E-state index contributed by atoms with van der Waals surface area (Å²) in [7, 11) is 0. The molecular weight excluding hydrogens is 328 g/mol. The summed E-state index contributed by atoms with van der Waals surface area (Å²) in [5, 5.41) is 6.84. The number of rotatable bonds is 3. The average molecular weight is 349 g/mol. The third-order valence-corrected chi connectivity index (χ3v) is 3.95. The lowest BCUT2D eigenvalue weighted by molar-refractivity contribution is 0.0475. The summed E-state index contributed by atoms with van der Waals surface area (Å²) < 4.78 is 5.25. The highest BCUT2D eigenvalue weighted by Gasteiger charge is 2.31. The fraction of sp³-hybridized carbons (Fsp3) is 0.471. The minimum absolute atomic E-state index is 0.125. The fourth-order valence-corrected chi connectivity index (χ4v) is 2.76. The number of amides is 1. The number of halogens is 1. The number of hydrogen-bond acceptors (Lipinski definition) is 5. The summed E-state index contributed by atoms with van der Waals surface area (Å²) in [6, 6.07) is 5.82. The van der Waals surface area contributed by atoms with E-state index in [2.05, 4.69) is 20.6 Å². The molecule has 0 radical (unpaired) electrons. The minimum Gasteiger partial charge on any atom is -0.444 e. The first-order chi connectivity index (χ1) is 11.3. The molecule has 0 bridgehead atoms. The van der Waals surface area contributed by atoms with Crippen LogP contribution >= 0.6 is 11.6 Å². The Kier molecular flexibility index (Phi) is 4.49. The standard InChI is InChI=1S/C17H21ClN4O2/c1-17(2,3)24-16(23)21-12-7-11(8-12)20-15-9-19-13-5-4-10(18)6-14(13)22-15/h4-6,9,11-12H,7-8H2,1-3H3,(H,20,22)(H,21,23). The third kappa shape index (κ3) is 4.26. The van der Waals surface area contributed by atoms with Crippen LogP contribution in [0.3, 0.4) is 0 Å². The van der Waals surface area contributed by atoms with E-state index in [-0.39, 0.29) is 18.2 Å². The monoisotopic (exact) mass is 348 g/mol. The Bertz CT molecular complexity index is 754. The number of benzene rings is 1. The fourth-order valence-electron chi connectivity index (χ4n) is 2.59. The maximum Gasteiger partial charge on any atom is 0.407 e. The van der Waals surface area contributed by atoms with Crippen LogP contribution < -0.4 is 10.6 Å². The Morgan fingerprint density at radius 1 is 1.25 bits per heavy atom. The topological polar surface area (TPSA) is 76.1 Å². The Morgan fingerprint density at radius 3 is 2.71 bits per heavy atom. The number of hydrogen-bond donors (Lipinski definition) is 2. The zero-order valence-corrected chi connectivity index (χ0v) is 14.7. The number of nitrogens with one attached hydrogen (secondary N) is 2. The quantitative estimate of drug-likeness (QED) is 0.883. The number of ether oxygens (including phenoxy) is 1. The van der Waals surface area contributed by atoms with Crippen molar-refractivity contribution in [3.8, 4) is 0 Å². The van der Waals surface area contributed by atoms with Crippen molar-refractivity contribution in [2.45, 2.75) is 51.3 Å². The van der Waals surface area contributed by atoms with Gasteiger partial charge in [0.1, 0.15) is 11.4 Å². The van der Waals surface area contributed by atoms with Gasteiger partial charge in [-0.15, -0.1) is 0 Å². The molecule has 1 aliphatic rings. The molecule has 1 saturated carbocycles. The molecule has 1 aliphatic carbocycles. The number of carbonyl (C=O) groups is 1. The van der Waals surface area contributed by atoms with Gasteiger partial charge in [0.05, 0.1) is 17.2 Å². The van der Waals surface area contributed by atoms with Crippen LogP contribution in [-0.2, 0) is 4.74 Å². The molecule has 1 fully saturated rings. The van der Waals surface area contributed by atoms with Gasteiger partial charge in [-0.25, -0.2) is 9.78 Å². The van der Waals surface area contributed by atoms with Gasteiger partial charge >= 0.3 is 6.09 Å². The van der Waals surface area contributed by atoms with Gasteiger partial charge in [-0.2, -0.15) is 0 Å². The molecule has 0 spiro atoms. The first-order valence-corrected chi connectivity index (χ1v) is 8.35. The highest BCUT2D eigenvalue weighted by Crippen LogP contribution is 2.25. The van der Waals surface area contributed by atoms with Crippen LogP contribution in [0.5, 0.6) is 0 Å². The molecule has 2 N–H and O–H groups in total. The van der Waals surface area contributed by atoms with Crippen LogP contribution in [0, 0.1) is 0 Å². The van der Waals surface area contributed by atoms with Crippen molar-refractivity contribution in [3.05, 3.63) is 29.4 Å². The lowest BCUT2D eigenvalue weighted by Crippen LogP contribution is -2.50. The number of fused-ring (bicyclic) bond motifs is 1. The van der Waals surface area contributed by atoms with Crippen molar-refractivity contribution >= 4 is 34.5 Å². The zero-order chi connectivity index (χ0) is 17.3. The zero-order valence-electron chi connectivity index (χ0n) is 14.0. The van der Waals surface area contributed by atoms with Crippen molar-refractivity contribution in [1.29, 1.82) is 0 Å². The molecule has 1 amide bonds. The molecule has 128 valence electrons. The van der Waals surface area contributed by atoms with E-state index < -0.39 is 5.60 Å². The number of carbonyl (C=O) groups excluding carboxylic acids is 1. The average Bonchev–Trinajstić information content (AvgIpc) is 2.42. The van der Waals surface area contributed by atoms with E-state index in [1.54, 1.807) is 18.3 Å². The Morgan fingerprint density at radius 2 is 2.00 bits per heavy atom. The predicted octanol–water partition coefficient (Wildman–Crippen LogP) is 3.75. The number of alkyl carbamates (subject to hydrolysis) is 1. The maximum atomic E-state index is 11.7. The van der Waals surface area contributed by atoms with E-state index in [1.165, 1.54) is 0 Å². The van der Waals surface area contributed by atoms with Crippen LogP contribution in [-0.4, -0.2) is 33.7 Å². The van der Waals surface area contributed by atoms with Crippen molar-refractivity contribution in [3.63, 3.8) is 0 Å². The van der Waals surface area contributed by atoms with Crippen LogP contribution in [0.15, 0.2) is 24.4 Å². The molecule has 2 aromatic rings. The molecular formula is C17H21ClN4O2. The van der Waals surface area contributed by atoms with Gasteiger partial charge < -0.3 is 15.4 Å². The second kappa shape index (κ2) is 6.43. The van der Waals surface area contributed by atoms with Crippen molar-refractivity contribution in [1.82, 2.24) is 15.3 Å². The largest absolute Gasteiger partial charge is 0.444 e. The molecule has 0 atom stereocenters. The summed E-state index contributed by atoms with van der Waals surface area (Å²) in [6.45, 7) is 5.55. The first-order valence-electron chi connectivity index (χ1n) is 7.97. The second-order valence-electron chi connectivity index (χ2n) is 7.04. The van der Waals surface area contributed by atoms with Gasteiger partial charge in [0.25, 0.3) is 0 Å². The summed E-state index contributed by atoms with van der Waals surface area (Å²) in [4.78, 5) is 20.6. The van der Waals surface area contributed by atoms with Gasteiger partial charge in [-0.3, -0.25) is 4.98 Å². The summed E-state index contributed by atoms with van der Waals surface area (Å²) in [6.07, 6.45) is 3.00. The van der Waals surface area contributed by atoms with E-state index in [0.717, 1.165) is 23.9 Å². The molecule has 24 heavy (non-hydrogen) atoms. The number of nitrogens with zero attached hydrogens (tertiary/aromatic N) is 2. The SMILES string of the molecule is CC(C)(C)OC(=O)NC1CC(Nc2cnc3ccc(Cl)cc3n2)C1. The summed E-state index contributed by atoms with van der Waals surface area (Å²) in [5.74, 6) is 0.713. The molecule has 0 saturated heterocycles.